The van der Waals surface area contributed by atoms with Crippen LogP contribution in [0.2, 0.25) is 0 Å². The first-order chi connectivity index (χ1) is 5.22. The Hall–Kier alpha value is -0.570. The standard InChI is InChI=1S/C8H16N2O/c1-10-6-4-2-3-5-7(10)8(9)11/h7H,2-6H2,1H3,(H2,9,11)/t7-/m1/s1. The van der Waals surface area contributed by atoms with Crippen LogP contribution in [0.25, 0.3) is 0 Å². The van der Waals surface area contributed by atoms with Crippen molar-refractivity contribution in [2.75, 3.05) is 13.6 Å². The van der Waals surface area contributed by atoms with E-state index in [0.717, 1.165) is 19.4 Å². The highest BCUT2D eigenvalue weighted by Crippen LogP contribution is 2.14. The third kappa shape index (κ3) is 2.19. The van der Waals surface area contributed by atoms with Crippen molar-refractivity contribution in [3.8, 4) is 0 Å². The van der Waals surface area contributed by atoms with Gasteiger partial charge in [-0.25, -0.2) is 0 Å². The Bertz CT molecular complexity index is 147. The van der Waals surface area contributed by atoms with Crippen LogP contribution in [0.5, 0.6) is 0 Å². The smallest absolute Gasteiger partial charge is 0.234 e. The zero-order chi connectivity index (χ0) is 8.27. The van der Waals surface area contributed by atoms with Crippen molar-refractivity contribution in [2.45, 2.75) is 31.7 Å². The molecule has 2 N–H and O–H groups in total. The highest BCUT2D eigenvalue weighted by atomic mass is 16.1. The molecular formula is C8H16N2O. The Morgan fingerprint density at radius 3 is 2.82 bits per heavy atom. The fraction of sp³-hybridized carbons (Fsp3) is 0.875. The van der Waals surface area contributed by atoms with Crippen molar-refractivity contribution in [2.24, 2.45) is 5.73 Å². The van der Waals surface area contributed by atoms with Crippen LogP contribution in [0.4, 0.5) is 0 Å². The van der Waals surface area contributed by atoms with E-state index in [1.165, 1.54) is 12.8 Å². The van der Waals surface area contributed by atoms with Gasteiger partial charge in [0.1, 0.15) is 0 Å². The van der Waals surface area contributed by atoms with Gasteiger partial charge in [-0.15, -0.1) is 0 Å². The zero-order valence-corrected chi connectivity index (χ0v) is 7.05. The molecule has 0 aromatic rings. The predicted octanol–water partition coefficient (Wildman–Crippen LogP) is 0.346. The van der Waals surface area contributed by atoms with Gasteiger partial charge in [0, 0.05) is 0 Å². The molecule has 1 aliphatic rings. The average Bonchev–Trinajstić information content (AvgIpc) is 2.13. The van der Waals surface area contributed by atoms with Crippen molar-refractivity contribution >= 4 is 5.91 Å². The van der Waals surface area contributed by atoms with Crippen LogP contribution in [0, 0.1) is 0 Å². The summed E-state index contributed by atoms with van der Waals surface area (Å²) in [7, 11) is 1.97. The molecule has 1 rings (SSSR count). The molecule has 1 aliphatic heterocycles. The first kappa shape index (κ1) is 8.53. The van der Waals surface area contributed by atoms with E-state index < -0.39 is 0 Å². The number of likely N-dealkylation sites (N-methyl/N-ethyl adjacent to an activating group) is 1. The van der Waals surface area contributed by atoms with Gasteiger partial charge in [0.2, 0.25) is 5.91 Å². The summed E-state index contributed by atoms with van der Waals surface area (Å²) in [5.41, 5.74) is 5.25. The molecule has 1 saturated heterocycles. The summed E-state index contributed by atoms with van der Waals surface area (Å²) in [5.74, 6) is -0.172. The number of amides is 1. The van der Waals surface area contributed by atoms with Crippen molar-refractivity contribution in [1.82, 2.24) is 4.90 Å². The molecule has 0 spiro atoms. The lowest BCUT2D eigenvalue weighted by Gasteiger charge is -2.21. The van der Waals surface area contributed by atoms with Crippen LogP contribution in [0.15, 0.2) is 0 Å². The Balaban J connectivity index is 2.52. The molecule has 0 radical (unpaired) electrons. The second-order valence-electron chi connectivity index (χ2n) is 3.25. The van der Waals surface area contributed by atoms with Crippen molar-refractivity contribution in [1.29, 1.82) is 0 Å². The summed E-state index contributed by atoms with van der Waals surface area (Å²) >= 11 is 0. The van der Waals surface area contributed by atoms with Crippen LogP contribution >= 0.6 is 0 Å². The summed E-state index contributed by atoms with van der Waals surface area (Å²) in [6, 6.07) is -0.0162. The summed E-state index contributed by atoms with van der Waals surface area (Å²) in [4.78, 5) is 13.0. The molecule has 0 aromatic heterocycles. The molecule has 0 saturated carbocycles. The maximum atomic E-state index is 10.9. The van der Waals surface area contributed by atoms with Crippen LogP contribution in [-0.4, -0.2) is 30.4 Å². The van der Waals surface area contributed by atoms with Gasteiger partial charge in [-0.1, -0.05) is 12.8 Å². The summed E-state index contributed by atoms with van der Waals surface area (Å²) in [5, 5.41) is 0. The summed E-state index contributed by atoms with van der Waals surface area (Å²) in [6.07, 6.45) is 4.50. The molecular weight excluding hydrogens is 140 g/mol. The van der Waals surface area contributed by atoms with E-state index in [2.05, 4.69) is 4.90 Å². The highest BCUT2D eigenvalue weighted by molar-refractivity contribution is 5.79. The van der Waals surface area contributed by atoms with Crippen molar-refractivity contribution in [3.63, 3.8) is 0 Å². The quantitative estimate of drug-likeness (QED) is 0.595. The minimum Gasteiger partial charge on any atom is -0.368 e. The Kier molecular flexibility index (Phi) is 2.88. The van der Waals surface area contributed by atoms with E-state index >= 15 is 0 Å². The Labute approximate surface area is 67.5 Å². The Morgan fingerprint density at radius 2 is 2.18 bits per heavy atom. The lowest BCUT2D eigenvalue weighted by molar-refractivity contribution is -0.122. The number of rotatable bonds is 1. The van der Waals surface area contributed by atoms with Crippen LogP contribution in [0.3, 0.4) is 0 Å². The molecule has 0 aromatic carbocycles. The third-order valence-electron chi connectivity index (χ3n) is 2.35. The minimum atomic E-state index is -0.172. The summed E-state index contributed by atoms with van der Waals surface area (Å²) in [6.45, 7) is 1.01. The molecule has 64 valence electrons. The van der Waals surface area contributed by atoms with Gasteiger partial charge in [-0.2, -0.15) is 0 Å². The lowest BCUT2D eigenvalue weighted by Crippen LogP contribution is -2.41. The fourth-order valence-corrected chi connectivity index (χ4v) is 1.61. The largest absolute Gasteiger partial charge is 0.368 e. The van der Waals surface area contributed by atoms with Crippen LogP contribution < -0.4 is 5.73 Å². The van der Waals surface area contributed by atoms with Gasteiger partial charge in [-0.05, 0) is 26.4 Å². The molecule has 0 aliphatic carbocycles. The third-order valence-corrected chi connectivity index (χ3v) is 2.35. The SMILES string of the molecule is CN1CCCCC[C@@H]1C(N)=O. The first-order valence-corrected chi connectivity index (χ1v) is 4.21. The number of carbonyl (C=O) groups is 1. The number of hydrogen-bond donors (Lipinski definition) is 1. The van der Waals surface area contributed by atoms with E-state index in [-0.39, 0.29) is 11.9 Å². The zero-order valence-electron chi connectivity index (χ0n) is 7.05. The minimum absolute atomic E-state index is 0.0162. The molecule has 0 unspecified atom stereocenters. The molecule has 1 heterocycles. The molecule has 1 atom stereocenters. The van der Waals surface area contributed by atoms with Gasteiger partial charge >= 0.3 is 0 Å². The maximum absolute atomic E-state index is 10.9. The molecule has 1 fully saturated rings. The topological polar surface area (TPSA) is 46.3 Å². The van der Waals surface area contributed by atoms with Crippen LogP contribution in [-0.2, 0) is 4.79 Å². The number of hydrogen-bond acceptors (Lipinski definition) is 2. The van der Waals surface area contributed by atoms with E-state index in [1.807, 2.05) is 7.05 Å². The van der Waals surface area contributed by atoms with Crippen molar-refractivity contribution < 1.29 is 4.79 Å². The average molecular weight is 156 g/mol. The van der Waals surface area contributed by atoms with E-state index in [1.54, 1.807) is 0 Å². The van der Waals surface area contributed by atoms with E-state index in [0.29, 0.717) is 0 Å². The second-order valence-corrected chi connectivity index (χ2v) is 3.25. The Morgan fingerprint density at radius 1 is 1.45 bits per heavy atom. The van der Waals surface area contributed by atoms with Gasteiger partial charge < -0.3 is 5.73 Å². The number of primary amides is 1. The first-order valence-electron chi connectivity index (χ1n) is 4.21. The molecule has 11 heavy (non-hydrogen) atoms. The summed E-state index contributed by atoms with van der Waals surface area (Å²) < 4.78 is 0. The lowest BCUT2D eigenvalue weighted by atomic mass is 10.1. The normalized spacial score (nSPS) is 27.9. The number of nitrogens with zero attached hydrogens (tertiary/aromatic N) is 1. The number of likely N-dealkylation sites (tertiary alicyclic amines) is 1. The van der Waals surface area contributed by atoms with E-state index in [9.17, 15) is 4.79 Å². The molecule has 0 bridgehead atoms. The monoisotopic (exact) mass is 156 g/mol. The second kappa shape index (κ2) is 3.72. The van der Waals surface area contributed by atoms with Gasteiger partial charge in [0.25, 0.3) is 0 Å². The molecule has 1 amide bonds. The van der Waals surface area contributed by atoms with E-state index in [4.69, 9.17) is 5.73 Å². The highest BCUT2D eigenvalue weighted by Gasteiger charge is 2.21. The predicted molar refractivity (Wildman–Crippen MR) is 44.1 cm³/mol. The van der Waals surface area contributed by atoms with Crippen LogP contribution in [0.1, 0.15) is 25.7 Å². The van der Waals surface area contributed by atoms with Gasteiger partial charge in [-0.3, -0.25) is 9.69 Å². The van der Waals surface area contributed by atoms with Gasteiger partial charge in [0.05, 0.1) is 6.04 Å². The van der Waals surface area contributed by atoms with Crippen molar-refractivity contribution in [3.05, 3.63) is 0 Å². The fourth-order valence-electron chi connectivity index (χ4n) is 1.61. The molecule has 3 nitrogen and oxygen atoms in total. The number of nitrogens with two attached hydrogens (primary N) is 1. The molecule has 3 heteroatoms. The maximum Gasteiger partial charge on any atom is 0.234 e. The number of carbonyl (C=O) groups excluding carboxylic acids is 1. The van der Waals surface area contributed by atoms with Gasteiger partial charge in [0.15, 0.2) is 0 Å².